The first kappa shape index (κ1) is 44.5. The molecule has 0 bridgehead atoms. The minimum atomic E-state index is 0. The molecule has 6 nitrogen and oxygen atoms in total. The molecule has 240 valence electrons. The predicted molar refractivity (Wildman–Crippen MR) is 189 cm³/mol. The largest absolute Gasteiger partial charge is 1.00 e. The van der Waals surface area contributed by atoms with Gasteiger partial charge in [0, 0.05) is 52.6 Å². The van der Waals surface area contributed by atoms with Crippen LogP contribution in [-0.2, 0) is 0 Å². The molecular weight excluding hydrogens is 615 g/mol. The zero-order chi connectivity index (χ0) is 34.1. The molecular formula is C42H39Li3N3O3+3. The van der Waals surface area contributed by atoms with E-state index >= 15 is 0 Å². The minimum Gasteiger partial charge on any atom is -0.872 e. The predicted octanol–water partition coefficient (Wildman–Crippen LogP) is -6.29. The van der Waals surface area contributed by atoms with Crippen LogP contribution < -0.4 is 86.9 Å². The number of nitrogens with one attached hydrogen (secondary N) is 3. The van der Waals surface area contributed by atoms with Gasteiger partial charge < -0.3 is 15.3 Å². The van der Waals surface area contributed by atoms with Crippen molar-refractivity contribution in [3.8, 4) is 17.2 Å². The summed E-state index contributed by atoms with van der Waals surface area (Å²) in [7, 11) is 0. The van der Waals surface area contributed by atoms with E-state index in [1.807, 2.05) is 98.8 Å². The number of benzene rings is 6. The Morgan fingerprint density at radius 2 is 0.765 bits per heavy atom. The molecule has 0 aromatic heterocycles. The second-order valence-corrected chi connectivity index (χ2v) is 11.0. The van der Waals surface area contributed by atoms with Crippen LogP contribution in [0.15, 0.2) is 146 Å². The molecule has 0 amide bonds. The monoisotopic (exact) mass is 654 g/mol. The Morgan fingerprint density at radius 3 is 1.20 bits per heavy atom. The molecule has 0 radical (unpaired) electrons. The number of rotatable bonds is 6. The fraction of sp³-hybridized carbons (Fsp3) is 0.0714. The van der Waals surface area contributed by atoms with E-state index in [4.69, 9.17) is 0 Å². The van der Waals surface area contributed by atoms with Crippen LogP contribution in [0.5, 0.6) is 17.2 Å². The van der Waals surface area contributed by atoms with Crippen LogP contribution in [0, 0.1) is 20.8 Å². The van der Waals surface area contributed by atoms with Crippen LogP contribution in [0.2, 0.25) is 0 Å². The van der Waals surface area contributed by atoms with Crippen molar-refractivity contribution < 1.29 is 86.9 Å². The van der Waals surface area contributed by atoms with Crippen molar-refractivity contribution in [1.82, 2.24) is 0 Å². The summed E-state index contributed by atoms with van der Waals surface area (Å²) >= 11 is 0. The van der Waals surface area contributed by atoms with Crippen molar-refractivity contribution in [2.45, 2.75) is 20.8 Å². The summed E-state index contributed by atoms with van der Waals surface area (Å²) < 4.78 is 0. The van der Waals surface area contributed by atoms with E-state index < -0.39 is 0 Å². The molecule has 0 spiro atoms. The van der Waals surface area contributed by atoms with Crippen LogP contribution in [-0.4, -0.2) is 18.6 Å². The van der Waals surface area contributed by atoms with Gasteiger partial charge in [-0.15, -0.1) is 0 Å². The van der Waals surface area contributed by atoms with Crippen LogP contribution in [0.3, 0.4) is 0 Å². The number of para-hydroxylation sites is 4. The smallest absolute Gasteiger partial charge is 0.872 e. The second kappa shape index (κ2) is 23.8. The first-order valence-corrected chi connectivity index (χ1v) is 15.5. The van der Waals surface area contributed by atoms with Crippen LogP contribution in [0.4, 0.5) is 17.1 Å². The molecule has 0 atom stereocenters. The Hall–Kier alpha value is -4.48. The van der Waals surface area contributed by atoms with Gasteiger partial charge in [-0.2, -0.15) is 0 Å². The molecule has 0 aliphatic rings. The summed E-state index contributed by atoms with van der Waals surface area (Å²) in [6, 6.07) is 44.8. The molecule has 0 aliphatic heterocycles. The fourth-order valence-electron chi connectivity index (χ4n) is 4.44. The number of aryl methyl sites for hydroxylation is 3. The van der Waals surface area contributed by atoms with Crippen molar-refractivity contribution in [2.24, 2.45) is 0 Å². The average Bonchev–Trinajstić information content (AvgIpc) is 3.10. The summed E-state index contributed by atoms with van der Waals surface area (Å²) in [4.78, 5) is 9.35. The zero-order valence-corrected chi connectivity index (χ0v) is 30.3. The van der Waals surface area contributed by atoms with E-state index in [1.165, 1.54) is 16.7 Å². The SMILES string of the molecule is Cc1ccc([NH+]=Cc2ccccc2[O-])c(C)c1.Cc1ccc([NH+]=Cc2ccccc2[O-])cc1.[Li+].[Li+].[Li+].[O-]c1ccccc1C=[NH+]c1ccccc1. The fourth-order valence-corrected chi connectivity index (χ4v) is 4.44. The summed E-state index contributed by atoms with van der Waals surface area (Å²) in [6.07, 6.45) is 5.20. The van der Waals surface area contributed by atoms with E-state index in [9.17, 15) is 15.3 Å². The maximum absolute atomic E-state index is 11.5. The van der Waals surface area contributed by atoms with Crippen molar-refractivity contribution in [3.05, 3.63) is 179 Å². The maximum Gasteiger partial charge on any atom is 1.00 e. The van der Waals surface area contributed by atoms with Gasteiger partial charge in [-0.1, -0.05) is 119 Å². The maximum atomic E-state index is 11.5. The normalized spacial score (nSPS) is 10.2. The third-order valence-electron chi connectivity index (χ3n) is 7.14. The topological polar surface area (TPSA) is 111 Å². The summed E-state index contributed by atoms with van der Waals surface area (Å²) in [5, 5.41) is 34.3. The minimum absolute atomic E-state index is 0. The Balaban J connectivity index is 0.000000372. The van der Waals surface area contributed by atoms with E-state index in [0.717, 1.165) is 17.1 Å². The molecule has 6 aromatic carbocycles. The first-order valence-electron chi connectivity index (χ1n) is 15.5. The van der Waals surface area contributed by atoms with E-state index in [0.29, 0.717) is 16.7 Å². The molecule has 3 N–H and O–H groups in total. The standard InChI is InChI=1S/C15H15NO.C14H13NO.C13H11NO.3Li/c1-11-7-8-14(12(2)9-11)16-10-13-5-3-4-6-15(13)17;1-11-6-8-13(9-7-11)15-10-12-4-2-3-5-14(12)16;15-13-9-5-4-6-11(13)10-14-12-7-2-1-3-8-12;;;/h3-10,17H,1-2H3;2-10,16H,1H3;1-10,15H;;;/q;;;3*+1. The Morgan fingerprint density at radius 1 is 0.392 bits per heavy atom. The van der Waals surface area contributed by atoms with Gasteiger partial charge in [0.05, 0.1) is 0 Å². The summed E-state index contributed by atoms with van der Waals surface area (Å²) in [5.74, 6) is 0.0906. The van der Waals surface area contributed by atoms with E-state index in [1.54, 1.807) is 73.2 Å². The quantitative estimate of drug-likeness (QED) is 0.123. The van der Waals surface area contributed by atoms with Gasteiger partial charge in [-0.25, -0.2) is 15.0 Å². The van der Waals surface area contributed by atoms with Crippen molar-refractivity contribution in [2.75, 3.05) is 0 Å². The van der Waals surface area contributed by atoms with E-state index in [2.05, 4.69) is 28.0 Å². The van der Waals surface area contributed by atoms with Gasteiger partial charge in [0.15, 0.2) is 18.6 Å². The number of hydrogen-bond acceptors (Lipinski definition) is 3. The molecule has 6 rings (SSSR count). The van der Waals surface area contributed by atoms with Gasteiger partial charge in [-0.05, 0) is 45.0 Å². The zero-order valence-electron chi connectivity index (χ0n) is 30.3. The third kappa shape index (κ3) is 15.5. The molecule has 0 heterocycles. The van der Waals surface area contributed by atoms with Crippen LogP contribution >= 0.6 is 0 Å². The van der Waals surface area contributed by atoms with Crippen molar-refractivity contribution in [3.63, 3.8) is 0 Å². The molecule has 51 heavy (non-hydrogen) atoms. The van der Waals surface area contributed by atoms with E-state index in [-0.39, 0.29) is 73.8 Å². The molecule has 0 saturated carbocycles. The summed E-state index contributed by atoms with van der Waals surface area (Å²) in [6.45, 7) is 6.15. The van der Waals surface area contributed by atoms with Crippen molar-refractivity contribution >= 4 is 35.7 Å². The second-order valence-electron chi connectivity index (χ2n) is 11.0. The van der Waals surface area contributed by atoms with Gasteiger partial charge in [0.1, 0.15) is 0 Å². The van der Waals surface area contributed by atoms with Gasteiger partial charge in [0.25, 0.3) is 0 Å². The molecule has 0 fully saturated rings. The summed E-state index contributed by atoms with van der Waals surface area (Å²) in [5.41, 5.74) is 8.61. The average molecular weight is 655 g/mol. The Bertz CT molecular complexity index is 2000. The Labute approximate surface area is 337 Å². The first-order chi connectivity index (χ1) is 23.3. The third-order valence-corrected chi connectivity index (χ3v) is 7.14. The molecule has 0 aliphatic carbocycles. The molecule has 9 heteroatoms. The Kier molecular flexibility index (Phi) is 20.8. The van der Waals surface area contributed by atoms with Crippen LogP contribution in [0.1, 0.15) is 33.4 Å². The number of hydrogen-bond donors (Lipinski definition) is 3. The van der Waals surface area contributed by atoms with Gasteiger partial charge in [0.2, 0.25) is 17.1 Å². The molecule has 6 aromatic rings. The molecule has 0 unspecified atom stereocenters. The van der Waals surface area contributed by atoms with Crippen LogP contribution in [0.25, 0.3) is 0 Å². The van der Waals surface area contributed by atoms with Gasteiger partial charge >= 0.3 is 56.6 Å². The molecule has 0 saturated heterocycles. The van der Waals surface area contributed by atoms with Crippen molar-refractivity contribution in [1.29, 1.82) is 0 Å². The van der Waals surface area contributed by atoms with Gasteiger partial charge in [-0.3, -0.25) is 0 Å².